The first-order valence-electron chi connectivity index (χ1n) is 5.87. The van der Waals surface area contributed by atoms with Gasteiger partial charge in [0, 0.05) is 6.54 Å². The summed E-state index contributed by atoms with van der Waals surface area (Å²) < 4.78 is 10.8. The summed E-state index contributed by atoms with van der Waals surface area (Å²) in [6.45, 7) is 5.76. The molecule has 1 unspecified atom stereocenters. The third-order valence-corrected chi connectivity index (χ3v) is 3.41. The number of aliphatic hydroxyl groups excluding tert-OH is 1. The highest BCUT2D eigenvalue weighted by Gasteiger charge is 2.27. The van der Waals surface area contributed by atoms with Crippen molar-refractivity contribution in [3.63, 3.8) is 0 Å². The first-order chi connectivity index (χ1) is 7.41. The number of hydrogen-bond donors (Lipinski definition) is 3. The van der Waals surface area contributed by atoms with Gasteiger partial charge in [-0.1, -0.05) is 26.7 Å². The van der Waals surface area contributed by atoms with Gasteiger partial charge in [-0.25, -0.2) is 0 Å². The monoisotopic (exact) mass is 253 g/mol. The smallest absolute Gasteiger partial charge is 0.355 e. The average Bonchev–Trinajstić information content (AvgIpc) is 2.20. The van der Waals surface area contributed by atoms with E-state index in [9.17, 15) is 9.67 Å². The van der Waals surface area contributed by atoms with Crippen molar-refractivity contribution in [2.45, 2.75) is 45.4 Å². The Balaban J connectivity index is 4.13. The van der Waals surface area contributed by atoms with Crippen LogP contribution < -0.4 is 0 Å². The molecule has 0 rings (SSSR count). The van der Waals surface area contributed by atoms with Crippen molar-refractivity contribution in [1.82, 2.24) is 4.90 Å². The summed E-state index contributed by atoms with van der Waals surface area (Å²) in [6, 6.07) is 0. The van der Waals surface area contributed by atoms with Crippen LogP contribution in [0.5, 0.6) is 0 Å². The molecular formula is C10H24NO4P. The molecule has 16 heavy (non-hydrogen) atoms. The fourth-order valence-corrected chi connectivity index (χ4v) is 1.84. The van der Waals surface area contributed by atoms with Crippen LogP contribution in [0.1, 0.15) is 39.5 Å². The van der Waals surface area contributed by atoms with Crippen LogP contribution in [0.2, 0.25) is 0 Å². The van der Waals surface area contributed by atoms with Crippen LogP contribution in [-0.4, -0.2) is 45.3 Å². The first kappa shape index (κ1) is 16.1. The molecule has 0 aliphatic carbocycles. The van der Waals surface area contributed by atoms with Crippen LogP contribution in [0.4, 0.5) is 0 Å². The van der Waals surface area contributed by atoms with E-state index in [1.807, 2.05) is 4.90 Å². The van der Waals surface area contributed by atoms with Gasteiger partial charge in [-0.3, -0.25) is 4.57 Å². The Bertz CT molecular complexity index is 211. The van der Waals surface area contributed by atoms with E-state index in [0.717, 1.165) is 38.8 Å². The van der Waals surface area contributed by atoms with Crippen molar-refractivity contribution in [1.29, 1.82) is 0 Å². The van der Waals surface area contributed by atoms with Crippen molar-refractivity contribution in [2.75, 3.05) is 19.6 Å². The zero-order chi connectivity index (χ0) is 12.6. The number of hydrogen-bond acceptors (Lipinski definition) is 3. The molecule has 0 aromatic carbocycles. The maximum absolute atomic E-state index is 10.8. The fraction of sp³-hybridized carbons (Fsp3) is 1.00. The minimum absolute atomic E-state index is 0.0598. The van der Waals surface area contributed by atoms with Crippen LogP contribution in [0.15, 0.2) is 0 Å². The summed E-state index contributed by atoms with van der Waals surface area (Å²) in [6.07, 6.45) is 4.04. The minimum Gasteiger partial charge on any atom is -0.379 e. The molecule has 0 fully saturated rings. The van der Waals surface area contributed by atoms with Gasteiger partial charge in [-0.2, -0.15) is 0 Å². The van der Waals surface area contributed by atoms with Gasteiger partial charge in [0.2, 0.25) is 0 Å². The molecule has 0 saturated carbocycles. The lowest BCUT2D eigenvalue weighted by atomic mass is 10.2. The van der Waals surface area contributed by atoms with Gasteiger partial charge in [0.25, 0.3) is 0 Å². The Morgan fingerprint density at radius 2 is 1.56 bits per heavy atom. The maximum atomic E-state index is 10.8. The van der Waals surface area contributed by atoms with Crippen molar-refractivity contribution in [2.24, 2.45) is 0 Å². The van der Waals surface area contributed by atoms with Crippen molar-refractivity contribution < 1.29 is 19.5 Å². The second-order valence-electron chi connectivity index (χ2n) is 4.08. The third-order valence-electron chi connectivity index (χ3n) is 2.47. The zero-order valence-corrected chi connectivity index (χ0v) is 11.1. The summed E-state index contributed by atoms with van der Waals surface area (Å²) >= 11 is 0. The number of nitrogens with zero attached hydrogens (tertiary/aromatic N) is 1. The lowest BCUT2D eigenvalue weighted by Crippen LogP contribution is -2.34. The molecular weight excluding hydrogens is 229 g/mol. The van der Waals surface area contributed by atoms with Gasteiger partial charge in [-0.15, -0.1) is 0 Å². The van der Waals surface area contributed by atoms with Gasteiger partial charge in [0.05, 0.1) is 0 Å². The molecule has 0 aromatic rings. The predicted molar refractivity (Wildman–Crippen MR) is 64.3 cm³/mol. The topological polar surface area (TPSA) is 81.0 Å². The lowest BCUT2D eigenvalue weighted by Gasteiger charge is -2.25. The second-order valence-corrected chi connectivity index (χ2v) is 5.85. The van der Waals surface area contributed by atoms with Gasteiger partial charge in [-0.05, 0) is 25.9 Å². The van der Waals surface area contributed by atoms with E-state index in [0.29, 0.717) is 0 Å². The van der Waals surface area contributed by atoms with Crippen LogP contribution in [0.25, 0.3) is 0 Å². The maximum Gasteiger partial charge on any atom is 0.355 e. The van der Waals surface area contributed by atoms with E-state index in [-0.39, 0.29) is 6.54 Å². The number of unbranched alkanes of at least 4 members (excludes halogenated alkanes) is 2. The van der Waals surface area contributed by atoms with Crippen LogP contribution in [0, 0.1) is 0 Å². The molecule has 0 aliphatic heterocycles. The Morgan fingerprint density at radius 1 is 1.12 bits per heavy atom. The van der Waals surface area contributed by atoms with Crippen molar-refractivity contribution >= 4 is 7.60 Å². The molecule has 0 radical (unpaired) electrons. The molecule has 98 valence electrons. The van der Waals surface area contributed by atoms with E-state index in [1.165, 1.54) is 0 Å². The van der Waals surface area contributed by atoms with Crippen LogP contribution in [-0.2, 0) is 4.57 Å². The average molecular weight is 253 g/mol. The minimum atomic E-state index is -4.36. The van der Waals surface area contributed by atoms with Crippen LogP contribution >= 0.6 is 7.60 Å². The standard InChI is InChI=1S/C10H24NO4P/c1-3-5-7-11(8-6-4-2)9-10(12)16(13,14)15/h10,12H,3-9H2,1-2H3,(H2,13,14,15). The van der Waals surface area contributed by atoms with E-state index in [2.05, 4.69) is 13.8 Å². The van der Waals surface area contributed by atoms with Gasteiger partial charge >= 0.3 is 7.60 Å². The molecule has 5 nitrogen and oxygen atoms in total. The summed E-state index contributed by atoms with van der Waals surface area (Å²) in [5, 5.41) is 9.35. The molecule has 0 spiro atoms. The van der Waals surface area contributed by atoms with Gasteiger partial charge in [0.1, 0.15) is 0 Å². The molecule has 0 amide bonds. The summed E-state index contributed by atoms with van der Waals surface area (Å²) in [5.41, 5.74) is 0. The Hall–Kier alpha value is 0.0700. The normalized spacial score (nSPS) is 14.4. The fourth-order valence-electron chi connectivity index (χ4n) is 1.40. The quantitative estimate of drug-likeness (QED) is 0.541. The van der Waals surface area contributed by atoms with E-state index in [4.69, 9.17) is 9.79 Å². The zero-order valence-electron chi connectivity index (χ0n) is 10.2. The van der Waals surface area contributed by atoms with Crippen molar-refractivity contribution in [3.05, 3.63) is 0 Å². The van der Waals surface area contributed by atoms with Gasteiger partial charge < -0.3 is 19.8 Å². The van der Waals surface area contributed by atoms with E-state index in [1.54, 1.807) is 0 Å². The molecule has 1 atom stereocenters. The van der Waals surface area contributed by atoms with Gasteiger partial charge in [0.15, 0.2) is 5.85 Å². The highest BCUT2D eigenvalue weighted by Crippen LogP contribution is 2.39. The Kier molecular flexibility index (Phi) is 8.24. The molecule has 3 N–H and O–H groups in total. The molecule has 6 heteroatoms. The Labute approximate surface area is 97.6 Å². The van der Waals surface area contributed by atoms with Crippen molar-refractivity contribution in [3.8, 4) is 0 Å². The largest absolute Gasteiger partial charge is 0.379 e. The number of rotatable bonds is 9. The van der Waals surface area contributed by atoms with E-state index < -0.39 is 13.4 Å². The summed E-state index contributed by atoms with van der Waals surface area (Å²) in [4.78, 5) is 19.6. The molecule has 0 heterocycles. The molecule has 0 saturated heterocycles. The summed E-state index contributed by atoms with van der Waals surface area (Å²) in [7, 11) is -4.36. The molecule has 0 aliphatic rings. The first-order valence-corrected chi connectivity index (χ1v) is 7.55. The van der Waals surface area contributed by atoms with E-state index >= 15 is 0 Å². The predicted octanol–water partition coefficient (Wildman–Crippen LogP) is 1.38. The lowest BCUT2D eigenvalue weighted by molar-refractivity contribution is 0.139. The third kappa shape index (κ3) is 7.36. The highest BCUT2D eigenvalue weighted by atomic mass is 31.2. The van der Waals surface area contributed by atoms with Crippen LogP contribution in [0.3, 0.4) is 0 Å². The molecule has 0 aromatic heterocycles. The number of aliphatic hydroxyl groups is 1. The Morgan fingerprint density at radius 3 is 1.88 bits per heavy atom. The SMILES string of the molecule is CCCCN(CCCC)CC(O)P(=O)(O)O. The second kappa shape index (κ2) is 8.20. The molecule has 0 bridgehead atoms. The highest BCUT2D eigenvalue weighted by molar-refractivity contribution is 7.52. The summed E-state index contributed by atoms with van der Waals surface area (Å²) in [5.74, 6) is -1.55.